The van der Waals surface area contributed by atoms with E-state index in [1.54, 1.807) is 30.3 Å². The molecule has 0 atom stereocenters. The fourth-order valence-electron chi connectivity index (χ4n) is 0.589. The van der Waals surface area contributed by atoms with Gasteiger partial charge in [-0.05, 0) is 12.1 Å². The molecule has 4 heteroatoms. The van der Waals surface area contributed by atoms with Crippen LogP contribution in [-0.4, -0.2) is 14.0 Å². The summed E-state index contributed by atoms with van der Waals surface area (Å²) in [5.41, 5.74) is 0. The molecule has 0 fully saturated rings. The molecule has 1 aromatic rings. The fourth-order valence-corrected chi connectivity index (χ4v) is 0.927. The number of para-hydroxylation sites is 1. The Morgan fingerprint density at radius 2 is 1.90 bits per heavy atom. The zero-order chi connectivity index (χ0) is 7.40. The van der Waals surface area contributed by atoms with Crippen LogP contribution in [0.25, 0.3) is 0 Å². The van der Waals surface area contributed by atoms with Gasteiger partial charge in [0, 0.05) is 0 Å². The quantitative estimate of drug-likeness (QED) is 0.630. The van der Waals surface area contributed by atoms with Gasteiger partial charge in [0.15, 0.2) is 0 Å². The third-order valence-corrected chi connectivity index (χ3v) is 1.36. The number of hydrogen-bond acceptors (Lipinski definition) is 2. The average molecular weight is 154 g/mol. The van der Waals surface area contributed by atoms with Gasteiger partial charge in [0.05, 0.1) is 0 Å². The Bertz CT molecular complexity index is 222. The summed E-state index contributed by atoms with van der Waals surface area (Å²) in [6.45, 7) is 0. The van der Waals surface area contributed by atoms with Crippen molar-refractivity contribution in [2.75, 3.05) is 0 Å². The van der Waals surface area contributed by atoms with Gasteiger partial charge >= 0.3 is 9.17 Å². The first-order valence-corrected chi connectivity index (χ1v) is 4.01. The maximum atomic E-state index is 10.1. The maximum absolute atomic E-state index is 10.1. The Kier molecular flexibility index (Phi) is 2.17. The number of hydrogen-bond donors (Lipinski definition) is 1. The van der Waals surface area contributed by atoms with Crippen LogP contribution in [0.1, 0.15) is 0 Å². The van der Waals surface area contributed by atoms with Crippen molar-refractivity contribution in [3.05, 3.63) is 30.3 Å². The first kappa shape index (κ1) is 6.95. The largest absolute Gasteiger partial charge is 0.770 e. The Labute approximate surface area is 59.8 Å². The summed E-state index contributed by atoms with van der Waals surface area (Å²) in [5, 5.41) is 0. The van der Waals surface area contributed by atoms with E-state index < -0.39 is 9.17 Å². The minimum Gasteiger partial charge on any atom is -0.511 e. The molecule has 0 radical (unpaired) electrons. The lowest BCUT2D eigenvalue weighted by Crippen LogP contribution is -2.08. The van der Waals surface area contributed by atoms with Crippen LogP contribution >= 0.6 is 0 Å². The molecule has 0 saturated heterocycles. The van der Waals surface area contributed by atoms with Crippen molar-refractivity contribution in [3.8, 4) is 5.75 Å². The third kappa shape index (κ3) is 1.98. The van der Waals surface area contributed by atoms with Crippen LogP contribution < -0.4 is 4.43 Å². The van der Waals surface area contributed by atoms with Crippen molar-refractivity contribution in [2.24, 2.45) is 0 Å². The van der Waals surface area contributed by atoms with E-state index in [9.17, 15) is 4.46 Å². The molecule has 1 N–H and O–H groups in total. The molecular formula is C6H6O3Si. The van der Waals surface area contributed by atoms with E-state index in [1.165, 1.54) is 0 Å². The molecular weight excluding hydrogens is 148 g/mol. The zero-order valence-electron chi connectivity index (χ0n) is 5.15. The molecule has 0 aliphatic carbocycles. The van der Waals surface area contributed by atoms with Crippen molar-refractivity contribution in [2.45, 2.75) is 0 Å². The highest BCUT2D eigenvalue weighted by molar-refractivity contribution is 6.25. The second-order valence-corrected chi connectivity index (χ2v) is 2.42. The van der Waals surface area contributed by atoms with E-state index in [-0.39, 0.29) is 0 Å². The van der Waals surface area contributed by atoms with E-state index in [1.807, 2.05) is 0 Å². The summed E-state index contributed by atoms with van der Waals surface area (Å²) in [5.74, 6) is 0.425. The first-order chi connectivity index (χ1) is 4.79. The molecule has 0 unspecified atom stereocenters. The summed E-state index contributed by atoms with van der Waals surface area (Å²) < 4.78 is 14.6. The van der Waals surface area contributed by atoms with E-state index in [0.29, 0.717) is 5.75 Å². The standard InChI is InChI=1S/C6H6O3Si/c7-10(8)9-6-4-2-1-3-5-6/h1-5,7H. The van der Waals surface area contributed by atoms with Gasteiger partial charge in [0.2, 0.25) is 0 Å². The lowest BCUT2D eigenvalue weighted by atomic mass is 10.3. The van der Waals surface area contributed by atoms with Crippen LogP contribution in [0.5, 0.6) is 5.75 Å². The highest BCUT2D eigenvalue weighted by Gasteiger charge is 2.03. The van der Waals surface area contributed by atoms with Crippen LogP contribution in [0.3, 0.4) is 0 Å². The summed E-state index contributed by atoms with van der Waals surface area (Å²) >= 11 is 0. The summed E-state index contributed by atoms with van der Waals surface area (Å²) in [6, 6.07) is 8.53. The van der Waals surface area contributed by atoms with Crippen LogP contribution in [-0.2, 0) is 4.46 Å². The molecule has 0 aliphatic rings. The monoisotopic (exact) mass is 154 g/mol. The van der Waals surface area contributed by atoms with E-state index in [4.69, 9.17) is 4.80 Å². The van der Waals surface area contributed by atoms with Gasteiger partial charge < -0.3 is 9.22 Å². The summed E-state index contributed by atoms with van der Waals surface area (Å²) in [6.07, 6.45) is 0. The van der Waals surface area contributed by atoms with Crippen molar-refractivity contribution in [1.82, 2.24) is 0 Å². The van der Waals surface area contributed by atoms with Gasteiger partial charge in [-0.3, -0.25) is 4.46 Å². The molecule has 1 rings (SSSR count). The van der Waals surface area contributed by atoms with Crippen LogP contribution in [0, 0.1) is 0 Å². The minimum atomic E-state index is -2.84. The second-order valence-electron chi connectivity index (χ2n) is 1.68. The van der Waals surface area contributed by atoms with Crippen LogP contribution in [0.2, 0.25) is 0 Å². The molecule has 0 amide bonds. The van der Waals surface area contributed by atoms with Crippen molar-refractivity contribution in [3.63, 3.8) is 0 Å². The van der Waals surface area contributed by atoms with Crippen molar-refractivity contribution < 1.29 is 13.7 Å². The van der Waals surface area contributed by atoms with E-state index in [2.05, 4.69) is 4.43 Å². The van der Waals surface area contributed by atoms with Gasteiger partial charge in [-0.15, -0.1) is 0 Å². The normalized spacial score (nSPS) is 8.80. The van der Waals surface area contributed by atoms with Crippen molar-refractivity contribution in [1.29, 1.82) is 0 Å². The van der Waals surface area contributed by atoms with Crippen LogP contribution in [0.15, 0.2) is 30.3 Å². The van der Waals surface area contributed by atoms with Crippen LogP contribution in [0.4, 0.5) is 0 Å². The third-order valence-electron chi connectivity index (χ3n) is 0.948. The van der Waals surface area contributed by atoms with Gasteiger partial charge in [-0.2, -0.15) is 0 Å². The van der Waals surface area contributed by atoms with Gasteiger partial charge in [-0.25, -0.2) is 0 Å². The molecule has 10 heavy (non-hydrogen) atoms. The molecule has 3 nitrogen and oxygen atoms in total. The number of benzene rings is 1. The second kappa shape index (κ2) is 3.12. The predicted molar refractivity (Wildman–Crippen MR) is 35.7 cm³/mol. The van der Waals surface area contributed by atoms with Crippen molar-refractivity contribution >= 4 is 9.17 Å². The highest BCUT2D eigenvalue weighted by atomic mass is 28.3. The molecule has 0 heterocycles. The lowest BCUT2D eigenvalue weighted by Gasteiger charge is -1.95. The Balaban J connectivity index is 2.67. The molecule has 52 valence electrons. The SMILES string of the molecule is O=[Si](O)Oc1ccccc1. The predicted octanol–water partition coefficient (Wildman–Crippen LogP) is 0.473. The Morgan fingerprint density at radius 1 is 1.30 bits per heavy atom. The topological polar surface area (TPSA) is 46.5 Å². The minimum absolute atomic E-state index is 0.425. The van der Waals surface area contributed by atoms with E-state index in [0.717, 1.165) is 0 Å². The summed E-state index contributed by atoms with van der Waals surface area (Å²) in [4.78, 5) is 8.33. The first-order valence-electron chi connectivity index (χ1n) is 2.75. The van der Waals surface area contributed by atoms with Gasteiger partial charge in [-0.1, -0.05) is 18.2 Å². The Hall–Kier alpha value is -1.16. The highest BCUT2D eigenvalue weighted by Crippen LogP contribution is 2.06. The molecule has 0 saturated carbocycles. The maximum Gasteiger partial charge on any atom is 0.770 e. The van der Waals surface area contributed by atoms with E-state index >= 15 is 0 Å². The smallest absolute Gasteiger partial charge is 0.511 e. The van der Waals surface area contributed by atoms with Gasteiger partial charge in [0.1, 0.15) is 5.75 Å². The molecule has 1 aromatic carbocycles. The number of rotatable bonds is 2. The molecule has 0 aliphatic heterocycles. The molecule has 0 aromatic heterocycles. The molecule has 0 spiro atoms. The molecule has 0 bridgehead atoms. The van der Waals surface area contributed by atoms with Gasteiger partial charge in [0.25, 0.3) is 0 Å². The lowest BCUT2D eigenvalue weighted by molar-refractivity contribution is 0.338. The average Bonchev–Trinajstić information content (AvgIpc) is 1.88. The zero-order valence-corrected chi connectivity index (χ0v) is 6.15. The fraction of sp³-hybridized carbons (Fsp3) is 0. The summed E-state index contributed by atoms with van der Waals surface area (Å²) in [7, 11) is -2.84. The Morgan fingerprint density at radius 3 is 2.40 bits per heavy atom.